The molecule has 2 nitrogen and oxygen atoms in total. The Balaban J connectivity index is 1.89. The Morgan fingerprint density at radius 1 is 1.36 bits per heavy atom. The zero-order valence-corrected chi connectivity index (χ0v) is 9.50. The molecule has 2 aliphatic rings. The number of hydrogen-bond donors (Lipinski definition) is 1. The molecule has 1 heterocycles. The normalized spacial score (nSPS) is 45.6. The minimum absolute atomic E-state index is 0.416. The van der Waals surface area contributed by atoms with E-state index in [9.17, 15) is 5.11 Å². The monoisotopic (exact) mass is 197 g/mol. The lowest BCUT2D eigenvalue weighted by Gasteiger charge is -2.34. The fourth-order valence-corrected chi connectivity index (χ4v) is 3.03. The standard InChI is InChI=1S/C12H23NO/c1-10-4-3-5-11(8-10)13-7-6-12(2,14)9-13/h10-11,14H,3-9H2,1-2H3. The Morgan fingerprint density at radius 2 is 2.14 bits per heavy atom. The van der Waals surface area contributed by atoms with Crippen LogP contribution in [-0.4, -0.2) is 34.7 Å². The lowest BCUT2D eigenvalue weighted by molar-refractivity contribution is 0.0554. The third-order valence-electron chi connectivity index (χ3n) is 3.91. The van der Waals surface area contributed by atoms with Gasteiger partial charge < -0.3 is 5.11 Å². The first kappa shape index (κ1) is 10.4. The average molecular weight is 197 g/mol. The van der Waals surface area contributed by atoms with Gasteiger partial charge in [0.15, 0.2) is 0 Å². The molecule has 1 aliphatic heterocycles. The number of nitrogens with zero attached hydrogens (tertiary/aromatic N) is 1. The van der Waals surface area contributed by atoms with Gasteiger partial charge >= 0.3 is 0 Å². The molecule has 0 aromatic rings. The molecule has 0 bridgehead atoms. The minimum atomic E-state index is -0.416. The molecule has 3 atom stereocenters. The molecule has 0 aromatic carbocycles. The number of β-amino-alcohol motifs (C(OH)–C–C–N with tert-alkyl or cyclic N) is 1. The van der Waals surface area contributed by atoms with Crippen LogP contribution in [0.1, 0.15) is 46.0 Å². The lowest BCUT2D eigenvalue weighted by atomic mass is 9.86. The third-order valence-corrected chi connectivity index (χ3v) is 3.91. The van der Waals surface area contributed by atoms with Crippen LogP contribution >= 0.6 is 0 Å². The van der Waals surface area contributed by atoms with Crippen molar-refractivity contribution in [3.8, 4) is 0 Å². The summed E-state index contributed by atoms with van der Waals surface area (Å²) in [6.07, 6.45) is 6.43. The van der Waals surface area contributed by atoms with Crippen LogP contribution in [0.3, 0.4) is 0 Å². The Labute approximate surface area is 87.3 Å². The fourth-order valence-electron chi connectivity index (χ4n) is 3.03. The maximum atomic E-state index is 9.92. The Bertz CT molecular complexity index is 202. The highest BCUT2D eigenvalue weighted by molar-refractivity contribution is 4.90. The molecule has 0 spiro atoms. The molecular formula is C12H23NO. The first-order chi connectivity index (χ1) is 6.57. The van der Waals surface area contributed by atoms with Gasteiger partial charge in [0.1, 0.15) is 0 Å². The fraction of sp³-hybridized carbons (Fsp3) is 1.00. The number of rotatable bonds is 1. The van der Waals surface area contributed by atoms with Gasteiger partial charge in [-0.1, -0.05) is 19.8 Å². The minimum Gasteiger partial charge on any atom is -0.389 e. The molecule has 2 fully saturated rings. The van der Waals surface area contributed by atoms with Crippen molar-refractivity contribution in [1.29, 1.82) is 0 Å². The van der Waals surface area contributed by atoms with Gasteiger partial charge in [0, 0.05) is 19.1 Å². The lowest BCUT2D eigenvalue weighted by Crippen LogP contribution is -2.39. The maximum Gasteiger partial charge on any atom is 0.0758 e. The van der Waals surface area contributed by atoms with Gasteiger partial charge in [-0.25, -0.2) is 0 Å². The van der Waals surface area contributed by atoms with Crippen molar-refractivity contribution < 1.29 is 5.11 Å². The van der Waals surface area contributed by atoms with Crippen molar-refractivity contribution >= 4 is 0 Å². The number of aliphatic hydroxyl groups is 1. The van der Waals surface area contributed by atoms with E-state index < -0.39 is 5.60 Å². The molecule has 2 heteroatoms. The molecule has 1 aliphatic carbocycles. The van der Waals surface area contributed by atoms with E-state index in [1.165, 1.54) is 25.7 Å². The van der Waals surface area contributed by atoms with Crippen LogP contribution in [0.4, 0.5) is 0 Å². The summed E-state index contributed by atoms with van der Waals surface area (Å²) in [5.74, 6) is 0.888. The van der Waals surface area contributed by atoms with Gasteiger partial charge in [0.05, 0.1) is 5.60 Å². The molecule has 82 valence electrons. The van der Waals surface area contributed by atoms with E-state index in [2.05, 4.69) is 11.8 Å². The van der Waals surface area contributed by atoms with Crippen molar-refractivity contribution in [3.05, 3.63) is 0 Å². The number of likely N-dealkylation sites (tertiary alicyclic amines) is 1. The van der Waals surface area contributed by atoms with Gasteiger partial charge in [-0.15, -0.1) is 0 Å². The number of hydrogen-bond acceptors (Lipinski definition) is 2. The smallest absolute Gasteiger partial charge is 0.0758 e. The predicted molar refractivity (Wildman–Crippen MR) is 58.2 cm³/mol. The summed E-state index contributed by atoms with van der Waals surface area (Å²) in [6.45, 7) is 6.33. The van der Waals surface area contributed by atoms with Crippen LogP contribution in [0.5, 0.6) is 0 Å². The van der Waals surface area contributed by atoms with Crippen molar-refractivity contribution in [2.45, 2.75) is 57.6 Å². The van der Waals surface area contributed by atoms with Gasteiger partial charge in [-0.05, 0) is 32.1 Å². The van der Waals surface area contributed by atoms with Crippen molar-refractivity contribution in [1.82, 2.24) is 4.90 Å². The highest BCUT2D eigenvalue weighted by Crippen LogP contribution is 2.31. The molecular weight excluding hydrogens is 174 g/mol. The summed E-state index contributed by atoms with van der Waals surface area (Å²) in [5, 5.41) is 9.92. The summed E-state index contributed by atoms with van der Waals surface area (Å²) < 4.78 is 0. The Morgan fingerprint density at radius 3 is 2.71 bits per heavy atom. The zero-order valence-electron chi connectivity index (χ0n) is 9.50. The molecule has 2 rings (SSSR count). The van der Waals surface area contributed by atoms with Crippen molar-refractivity contribution in [3.63, 3.8) is 0 Å². The first-order valence-electron chi connectivity index (χ1n) is 6.03. The molecule has 3 unspecified atom stereocenters. The Kier molecular flexibility index (Phi) is 2.85. The molecule has 14 heavy (non-hydrogen) atoms. The SMILES string of the molecule is CC1CCCC(N2CCC(C)(O)C2)C1. The molecule has 1 saturated heterocycles. The van der Waals surface area contributed by atoms with E-state index >= 15 is 0 Å². The second kappa shape index (κ2) is 3.82. The molecule has 1 N–H and O–H groups in total. The summed E-state index contributed by atoms with van der Waals surface area (Å²) >= 11 is 0. The van der Waals surface area contributed by atoms with Gasteiger partial charge in [0.2, 0.25) is 0 Å². The largest absolute Gasteiger partial charge is 0.389 e. The predicted octanol–water partition coefficient (Wildman–Crippen LogP) is 2.02. The van der Waals surface area contributed by atoms with E-state index in [1.54, 1.807) is 0 Å². The van der Waals surface area contributed by atoms with Crippen LogP contribution in [0.15, 0.2) is 0 Å². The van der Waals surface area contributed by atoms with Crippen LogP contribution in [0, 0.1) is 5.92 Å². The van der Waals surface area contributed by atoms with Crippen LogP contribution < -0.4 is 0 Å². The van der Waals surface area contributed by atoms with E-state index in [1.807, 2.05) is 6.92 Å². The summed E-state index contributed by atoms with van der Waals surface area (Å²) in [6, 6.07) is 0.757. The second-order valence-corrected chi connectivity index (χ2v) is 5.64. The summed E-state index contributed by atoms with van der Waals surface area (Å²) in [5.41, 5.74) is -0.416. The summed E-state index contributed by atoms with van der Waals surface area (Å²) in [4.78, 5) is 2.51. The van der Waals surface area contributed by atoms with Gasteiger partial charge in [-0.2, -0.15) is 0 Å². The molecule has 0 radical (unpaired) electrons. The van der Waals surface area contributed by atoms with Gasteiger partial charge in [-0.3, -0.25) is 4.90 Å². The highest BCUT2D eigenvalue weighted by atomic mass is 16.3. The molecule has 1 saturated carbocycles. The summed E-state index contributed by atoms with van der Waals surface area (Å²) in [7, 11) is 0. The molecule has 0 amide bonds. The van der Waals surface area contributed by atoms with E-state index in [4.69, 9.17) is 0 Å². The van der Waals surface area contributed by atoms with E-state index in [-0.39, 0.29) is 0 Å². The van der Waals surface area contributed by atoms with Crippen molar-refractivity contribution in [2.24, 2.45) is 5.92 Å². The van der Waals surface area contributed by atoms with E-state index in [0.29, 0.717) is 0 Å². The van der Waals surface area contributed by atoms with E-state index in [0.717, 1.165) is 31.5 Å². The quantitative estimate of drug-likeness (QED) is 0.695. The topological polar surface area (TPSA) is 23.5 Å². The Hall–Kier alpha value is -0.0800. The van der Waals surface area contributed by atoms with Crippen LogP contribution in [0.2, 0.25) is 0 Å². The highest BCUT2D eigenvalue weighted by Gasteiger charge is 2.36. The van der Waals surface area contributed by atoms with Gasteiger partial charge in [0.25, 0.3) is 0 Å². The molecule has 0 aromatic heterocycles. The van der Waals surface area contributed by atoms with Crippen LogP contribution in [-0.2, 0) is 0 Å². The van der Waals surface area contributed by atoms with Crippen LogP contribution in [0.25, 0.3) is 0 Å². The zero-order chi connectivity index (χ0) is 10.2. The second-order valence-electron chi connectivity index (χ2n) is 5.64. The third kappa shape index (κ3) is 2.29. The first-order valence-corrected chi connectivity index (χ1v) is 6.03. The average Bonchev–Trinajstić information content (AvgIpc) is 2.46. The maximum absolute atomic E-state index is 9.92. The van der Waals surface area contributed by atoms with Crippen molar-refractivity contribution in [2.75, 3.05) is 13.1 Å².